The van der Waals surface area contributed by atoms with Crippen LogP contribution in [-0.4, -0.2) is 92.8 Å². The van der Waals surface area contributed by atoms with Gasteiger partial charge in [-0.15, -0.1) is 0 Å². The number of benzene rings is 6. The van der Waals surface area contributed by atoms with Crippen LogP contribution in [0, 0.1) is 5.92 Å². The number of fused-ring (bicyclic) bond motifs is 2. The third-order valence-corrected chi connectivity index (χ3v) is 12.5. The molecule has 0 saturated carbocycles. The van der Waals surface area contributed by atoms with Crippen LogP contribution in [0.2, 0.25) is 0 Å². The minimum Gasteiger partial charge on any atom is -0.493 e. The van der Waals surface area contributed by atoms with Crippen molar-refractivity contribution >= 4 is 84.3 Å². The fourth-order valence-corrected chi connectivity index (χ4v) is 8.74. The molecule has 0 radical (unpaired) electrons. The molecule has 3 atom stereocenters. The summed E-state index contributed by atoms with van der Waals surface area (Å²) in [6.45, 7) is 9.72. The number of alkyl carbamates (subject to hydrolysis) is 1. The number of rotatable bonds is 27. The molecule has 0 bridgehead atoms. The van der Waals surface area contributed by atoms with Gasteiger partial charge in [-0.05, 0) is 110 Å². The normalized spacial score (nSPS) is 12.4. The summed E-state index contributed by atoms with van der Waals surface area (Å²) >= 11 is 0. The highest BCUT2D eigenvalue weighted by Crippen LogP contribution is 2.45. The predicted octanol–water partition coefficient (Wildman–Crippen LogP) is 9.14. The number of guanidine groups is 1. The second-order valence-corrected chi connectivity index (χ2v) is 20.3. The lowest BCUT2D eigenvalue weighted by atomic mass is 9.92. The van der Waals surface area contributed by atoms with Gasteiger partial charge < -0.3 is 51.3 Å². The lowest BCUT2D eigenvalue weighted by Gasteiger charge is -2.26. The first-order valence-electron chi connectivity index (χ1n) is 26.5. The molecular formula is C61H79N7O9S2. The summed E-state index contributed by atoms with van der Waals surface area (Å²) in [6, 6.07) is 39.8. The van der Waals surface area contributed by atoms with Crippen LogP contribution in [0.4, 0.5) is 4.79 Å². The first kappa shape index (κ1) is 64.1. The second-order valence-electron chi connectivity index (χ2n) is 20.3. The van der Waals surface area contributed by atoms with E-state index in [2.05, 4.69) is 43.7 Å². The molecule has 0 aliphatic heterocycles. The molecule has 18 heteroatoms. The number of ether oxygens (including phenoxy) is 4. The molecule has 4 amide bonds. The quantitative estimate of drug-likeness (QED) is 0.0124. The molecular weight excluding hydrogens is 1040 g/mol. The van der Waals surface area contributed by atoms with Crippen LogP contribution >= 0.6 is 27.0 Å². The van der Waals surface area contributed by atoms with Crippen LogP contribution in [0.25, 0.3) is 32.7 Å². The molecule has 0 heterocycles. The summed E-state index contributed by atoms with van der Waals surface area (Å²) < 4.78 is 24.1. The summed E-state index contributed by atoms with van der Waals surface area (Å²) in [5, 5.41) is 18.1. The highest BCUT2D eigenvalue weighted by molar-refractivity contribution is 7.59. The van der Waals surface area contributed by atoms with Gasteiger partial charge in [0.05, 0.1) is 6.61 Å². The lowest BCUT2D eigenvalue weighted by molar-refractivity contribution is -0.150. The molecule has 16 nitrogen and oxygen atoms in total. The molecule has 0 aliphatic carbocycles. The molecule has 0 fully saturated rings. The van der Waals surface area contributed by atoms with Crippen LogP contribution in [0.1, 0.15) is 84.3 Å². The van der Waals surface area contributed by atoms with Crippen molar-refractivity contribution in [2.24, 2.45) is 16.6 Å². The molecule has 0 unspecified atom stereocenters. The highest BCUT2D eigenvalue weighted by atomic mass is 32.1. The second kappa shape index (κ2) is 32.5. The Balaban J connectivity index is 0.00000672. The van der Waals surface area contributed by atoms with Gasteiger partial charge in [0.25, 0.3) is 5.91 Å². The molecule has 6 aromatic rings. The summed E-state index contributed by atoms with van der Waals surface area (Å²) in [4.78, 5) is 73.0. The minimum atomic E-state index is -1.15. The Morgan fingerprint density at radius 1 is 0.595 bits per heavy atom. The van der Waals surface area contributed by atoms with Gasteiger partial charge in [0, 0.05) is 37.7 Å². The zero-order valence-electron chi connectivity index (χ0n) is 46.2. The van der Waals surface area contributed by atoms with Crippen molar-refractivity contribution in [3.8, 4) is 22.6 Å². The predicted molar refractivity (Wildman–Crippen MR) is 323 cm³/mol. The van der Waals surface area contributed by atoms with E-state index < -0.39 is 60.1 Å². The Kier molecular flexibility index (Phi) is 26.3. The Bertz CT molecular complexity index is 2940. The lowest BCUT2D eigenvalue weighted by Crippen LogP contribution is -2.56. The molecule has 424 valence electrons. The maximum Gasteiger partial charge on any atom is 0.407 e. The molecule has 0 aliphatic rings. The van der Waals surface area contributed by atoms with Gasteiger partial charge in [-0.2, -0.15) is 27.0 Å². The monoisotopic (exact) mass is 1120 g/mol. The van der Waals surface area contributed by atoms with Crippen LogP contribution in [0.15, 0.2) is 138 Å². The summed E-state index contributed by atoms with van der Waals surface area (Å²) in [5.41, 5.74) is 8.68. The third kappa shape index (κ3) is 20.7. The molecule has 0 spiro atoms. The van der Waals surface area contributed by atoms with E-state index in [-0.39, 0.29) is 71.3 Å². The van der Waals surface area contributed by atoms with E-state index >= 15 is 0 Å². The Morgan fingerprint density at radius 3 is 1.70 bits per heavy atom. The van der Waals surface area contributed by atoms with Crippen LogP contribution in [0.3, 0.4) is 0 Å². The van der Waals surface area contributed by atoms with Crippen molar-refractivity contribution in [3.63, 3.8) is 0 Å². The number of nitrogens with two attached hydrogens (primary N) is 1. The minimum absolute atomic E-state index is 0. The van der Waals surface area contributed by atoms with Crippen molar-refractivity contribution in [2.75, 3.05) is 33.4 Å². The van der Waals surface area contributed by atoms with Gasteiger partial charge in [0.15, 0.2) is 12.6 Å². The topological polar surface area (TPSA) is 221 Å². The van der Waals surface area contributed by atoms with E-state index in [4.69, 9.17) is 24.7 Å². The fourth-order valence-electron chi connectivity index (χ4n) is 8.74. The van der Waals surface area contributed by atoms with Crippen molar-refractivity contribution in [2.45, 2.75) is 110 Å². The summed E-state index contributed by atoms with van der Waals surface area (Å²) in [5.74, 6) is -1.15. The first-order chi connectivity index (χ1) is 37.1. The van der Waals surface area contributed by atoms with Crippen molar-refractivity contribution in [1.29, 1.82) is 0 Å². The molecule has 6 aromatic carbocycles. The van der Waals surface area contributed by atoms with Crippen molar-refractivity contribution in [1.82, 2.24) is 26.6 Å². The van der Waals surface area contributed by atoms with Gasteiger partial charge in [0.1, 0.15) is 41.8 Å². The number of hydrogen-bond acceptors (Lipinski definition) is 10. The fraction of sp³-hybridized carbons (Fsp3) is 0.377. The summed E-state index contributed by atoms with van der Waals surface area (Å²) in [7, 11) is 1.55. The number of esters is 1. The number of hydrogen-bond donors (Lipinski definition) is 6. The highest BCUT2D eigenvalue weighted by Gasteiger charge is 2.31. The van der Waals surface area contributed by atoms with Gasteiger partial charge in [-0.3, -0.25) is 19.4 Å². The smallest absolute Gasteiger partial charge is 0.407 e. The van der Waals surface area contributed by atoms with Gasteiger partial charge >= 0.3 is 12.1 Å². The van der Waals surface area contributed by atoms with E-state index in [1.165, 1.54) is 0 Å². The van der Waals surface area contributed by atoms with E-state index in [0.29, 0.717) is 50.3 Å². The Morgan fingerprint density at radius 2 is 1.11 bits per heavy atom. The van der Waals surface area contributed by atoms with Crippen LogP contribution < -0.4 is 41.8 Å². The molecule has 6 rings (SSSR count). The molecule has 0 aromatic heterocycles. The van der Waals surface area contributed by atoms with E-state index in [1.54, 1.807) is 27.8 Å². The largest absolute Gasteiger partial charge is 0.493 e. The van der Waals surface area contributed by atoms with Crippen LogP contribution in [0.5, 0.6) is 11.5 Å². The van der Waals surface area contributed by atoms with E-state index in [1.807, 2.05) is 135 Å². The van der Waals surface area contributed by atoms with E-state index in [0.717, 1.165) is 43.8 Å². The van der Waals surface area contributed by atoms with Crippen molar-refractivity contribution in [3.05, 3.63) is 145 Å². The maximum absolute atomic E-state index is 14.6. The molecule has 79 heavy (non-hydrogen) atoms. The number of unbranched alkanes of at least 4 members (excludes halogenated alkanes) is 1. The van der Waals surface area contributed by atoms with Gasteiger partial charge in [0.2, 0.25) is 11.8 Å². The zero-order valence-corrected chi connectivity index (χ0v) is 48.2. The number of aliphatic imine (C=N–C) groups is 1. The average Bonchev–Trinajstić information content (AvgIpc) is 3.44. The van der Waals surface area contributed by atoms with Gasteiger partial charge in [-0.1, -0.05) is 135 Å². The molecule has 7 N–H and O–H groups in total. The number of amides is 4. The average molecular weight is 1120 g/mol. The number of nitrogens with one attached hydrogen (secondary N) is 5. The van der Waals surface area contributed by atoms with Crippen LogP contribution in [-0.2, 0) is 41.7 Å². The summed E-state index contributed by atoms with van der Waals surface area (Å²) in [6.07, 6.45) is 1.86. The standard InChI is InChI=1S/C61H75N7O9.2H2S/c1-41(2)38-50(58(72)76-39-43-22-11-8-12-23-43)68-57(71)49(29-19-36-64-59(62)63-6)67-56(70)48(28-17-18-35-65-60(73)77-61(3,4)5)66-53(69)40-75-52-33-31-45-25-14-16-27-47(45)55(52)54-46-26-15-13-24-44(46)30-32-51(54)74-37-34-42-20-9-7-10-21-42;;/h7-16,20-27,30-33,41,48-50H,17-19,28-29,34-40H2,1-6H3,(H,65,73)(H,66,69)(H,67,70)(H,68,71)(H3,62,63,64);2*1H2/t48-,49-,50+;;/m1../s1. The Hall–Kier alpha value is -7.44. The third-order valence-electron chi connectivity index (χ3n) is 12.5. The van der Waals surface area contributed by atoms with Crippen molar-refractivity contribution < 1.29 is 42.9 Å². The van der Waals surface area contributed by atoms with Gasteiger partial charge in [-0.25, -0.2) is 9.59 Å². The molecule has 0 saturated heterocycles. The number of carbonyl (C=O) groups is 5. The maximum atomic E-state index is 14.6. The first-order valence-corrected chi connectivity index (χ1v) is 26.5. The zero-order chi connectivity index (χ0) is 55.2. The Labute approximate surface area is 478 Å². The SMILES string of the molecule is CN=C(N)NCCC[C@@H](NC(=O)[C@@H](CCCCNC(=O)OC(C)(C)C)NC(=O)COc1ccc2ccccc2c1-c1c(OCCc2ccccc2)ccc2ccccc12)C(=O)N[C@@H](CC(C)C)C(=O)OCc1ccccc1.S.S. The van der Waals surface area contributed by atoms with E-state index in [9.17, 15) is 24.0 Å². The number of nitrogens with zero attached hydrogens (tertiary/aromatic N) is 1. The number of carbonyl (C=O) groups excluding carboxylic acids is 5.